The van der Waals surface area contributed by atoms with Crippen molar-refractivity contribution in [1.82, 2.24) is 14.5 Å². The number of aryl methyl sites for hydroxylation is 1. The summed E-state index contributed by atoms with van der Waals surface area (Å²) in [6, 6.07) is 24.4. The van der Waals surface area contributed by atoms with Crippen molar-refractivity contribution in [3.8, 4) is 11.3 Å². The zero-order chi connectivity index (χ0) is 21.2. The van der Waals surface area contributed by atoms with Crippen molar-refractivity contribution in [2.75, 3.05) is 31.1 Å². The number of amides is 1. The lowest BCUT2D eigenvalue weighted by Gasteiger charge is -2.23. The molecule has 0 spiro atoms. The molecule has 156 valence electrons. The van der Waals surface area contributed by atoms with Crippen LogP contribution in [-0.4, -0.2) is 46.5 Å². The molecule has 0 atom stereocenters. The van der Waals surface area contributed by atoms with Gasteiger partial charge < -0.3 is 14.4 Å². The number of hydrogen-bond acceptors (Lipinski definition) is 3. The van der Waals surface area contributed by atoms with E-state index in [1.54, 1.807) is 0 Å². The van der Waals surface area contributed by atoms with E-state index in [0.717, 1.165) is 59.6 Å². The van der Waals surface area contributed by atoms with Crippen LogP contribution < -0.4 is 4.90 Å². The maximum atomic E-state index is 13.9. The third-order valence-corrected chi connectivity index (χ3v) is 6.12. The van der Waals surface area contributed by atoms with Gasteiger partial charge in [0, 0.05) is 50.3 Å². The molecule has 1 amide bonds. The molecule has 2 aromatic heterocycles. The molecule has 0 aliphatic carbocycles. The molecule has 1 saturated heterocycles. The van der Waals surface area contributed by atoms with E-state index in [9.17, 15) is 4.79 Å². The van der Waals surface area contributed by atoms with Gasteiger partial charge in [0.05, 0.1) is 11.3 Å². The van der Waals surface area contributed by atoms with Crippen LogP contribution in [0.5, 0.6) is 0 Å². The predicted octanol–water partition coefficient (Wildman–Crippen LogP) is 4.59. The average Bonchev–Trinajstić information content (AvgIpc) is 2.96. The van der Waals surface area contributed by atoms with E-state index in [1.165, 1.54) is 0 Å². The van der Waals surface area contributed by atoms with Gasteiger partial charge in [-0.15, -0.1) is 0 Å². The summed E-state index contributed by atoms with van der Waals surface area (Å²) in [5.74, 6) is 1.09. The maximum absolute atomic E-state index is 13.9. The molecule has 5 rings (SSSR count). The van der Waals surface area contributed by atoms with Gasteiger partial charge in [0.25, 0.3) is 5.91 Å². The Morgan fingerprint density at radius 2 is 1.61 bits per heavy atom. The highest BCUT2D eigenvalue weighted by Gasteiger charge is 2.27. The Bertz CT molecular complexity index is 1200. The van der Waals surface area contributed by atoms with Crippen molar-refractivity contribution in [2.24, 2.45) is 7.05 Å². The van der Waals surface area contributed by atoms with Crippen molar-refractivity contribution in [3.05, 3.63) is 84.6 Å². The standard InChI is InChI=1S/C26H26N4O/c1-28-22-13-6-5-12-21(22)24(25(28)20-10-3-2-4-11-20)26(31)30-17-9-16-29(18-19-30)23-14-7-8-15-27-23/h2-8,10-15H,9,16-19H2,1H3. The number of aromatic nitrogens is 2. The second-order valence-corrected chi connectivity index (χ2v) is 7.99. The van der Waals surface area contributed by atoms with Crippen LogP contribution in [0, 0.1) is 0 Å². The lowest BCUT2D eigenvalue weighted by atomic mass is 10.0. The van der Waals surface area contributed by atoms with Crippen molar-refractivity contribution < 1.29 is 4.79 Å². The lowest BCUT2D eigenvalue weighted by Crippen LogP contribution is -2.35. The molecule has 31 heavy (non-hydrogen) atoms. The molecule has 0 bridgehead atoms. The minimum Gasteiger partial charge on any atom is -0.355 e. The molecule has 3 heterocycles. The zero-order valence-corrected chi connectivity index (χ0v) is 17.7. The largest absolute Gasteiger partial charge is 0.355 e. The van der Waals surface area contributed by atoms with Gasteiger partial charge in [0.1, 0.15) is 5.82 Å². The Labute approximate surface area is 182 Å². The summed E-state index contributed by atoms with van der Waals surface area (Å²) >= 11 is 0. The number of carbonyl (C=O) groups is 1. The van der Waals surface area contributed by atoms with Gasteiger partial charge >= 0.3 is 0 Å². The molecule has 2 aromatic carbocycles. The van der Waals surface area contributed by atoms with Gasteiger partial charge in [-0.25, -0.2) is 4.98 Å². The van der Waals surface area contributed by atoms with Gasteiger partial charge in [-0.05, 0) is 30.2 Å². The molecule has 0 radical (unpaired) electrons. The molecule has 0 N–H and O–H groups in total. The number of rotatable bonds is 3. The normalized spacial score (nSPS) is 14.6. The molecular weight excluding hydrogens is 384 g/mol. The van der Waals surface area contributed by atoms with Crippen LogP contribution in [0.2, 0.25) is 0 Å². The van der Waals surface area contributed by atoms with E-state index >= 15 is 0 Å². The summed E-state index contributed by atoms with van der Waals surface area (Å²) in [6.45, 7) is 3.13. The van der Waals surface area contributed by atoms with Crippen molar-refractivity contribution in [3.63, 3.8) is 0 Å². The number of pyridine rings is 1. The number of para-hydroxylation sites is 1. The van der Waals surface area contributed by atoms with Crippen LogP contribution in [0.25, 0.3) is 22.2 Å². The first kappa shape index (κ1) is 19.4. The number of carbonyl (C=O) groups excluding carboxylic acids is 1. The average molecular weight is 411 g/mol. The van der Waals surface area contributed by atoms with E-state index in [-0.39, 0.29) is 5.91 Å². The van der Waals surface area contributed by atoms with Gasteiger partial charge in [-0.3, -0.25) is 4.79 Å². The number of anilines is 1. The highest BCUT2D eigenvalue weighted by atomic mass is 16.2. The number of benzene rings is 2. The van der Waals surface area contributed by atoms with Crippen LogP contribution in [-0.2, 0) is 7.05 Å². The summed E-state index contributed by atoms with van der Waals surface area (Å²) in [6.07, 6.45) is 2.75. The number of fused-ring (bicyclic) bond motifs is 1. The summed E-state index contributed by atoms with van der Waals surface area (Å²) in [7, 11) is 2.05. The van der Waals surface area contributed by atoms with Crippen LogP contribution in [0.15, 0.2) is 79.0 Å². The summed E-state index contributed by atoms with van der Waals surface area (Å²) in [5.41, 5.74) is 3.93. The third-order valence-electron chi connectivity index (χ3n) is 6.12. The molecule has 1 aliphatic heterocycles. The van der Waals surface area contributed by atoms with Crippen molar-refractivity contribution in [1.29, 1.82) is 0 Å². The minimum atomic E-state index is 0.110. The fourth-order valence-corrected chi connectivity index (χ4v) is 4.59. The SMILES string of the molecule is Cn1c(-c2ccccc2)c(C(=O)N2CCCN(c3ccccn3)CC2)c2ccccc21. The van der Waals surface area contributed by atoms with E-state index in [0.29, 0.717) is 6.54 Å². The van der Waals surface area contributed by atoms with Crippen LogP contribution >= 0.6 is 0 Å². The molecule has 4 aromatic rings. The number of nitrogens with zero attached hydrogens (tertiary/aromatic N) is 4. The van der Waals surface area contributed by atoms with Gasteiger partial charge in [-0.2, -0.15) is 0 Å². The fraction of sp³-hybridized carbons (Fsp3) is 0.231. The first-order valence-electron chi connectivity index (χ1n) is 10.8. The minimum absolute atomic E-state index is 0.110. The first-order chi connectivity index (χ1) is 15.2. The fourth-order valence-electron chi connectivity index (χ4n) is 4.59. The Morgan fingerprint density at radius 1 is 0.839 bits per heavy atom. The molecule has 1 fully saturated rings. The Morgan fingerprint density at radius 3 is 2.42 bits per heavy atom. The summed E-state index contributed by atoms with van der Waals surface area (Å²) < 4.78 is 2.15. The van der Waals surface area contributed by atoms with Crippen LogP contribution in [0.1, 0.15) is 16.8 Å². The second-order valence-electron chi connectivity index (χ2n) is 7.99. The van der Waals surface area contributed by atoms with Crippen molar-refractivity contribution >= 4 is 22.6 Å². The smallest absolute Gasteiger partial charge is 0.256 e. The zero-order valence-electron chi connectivity index (χ0n) is 17.7. The van der Waals surface area contributed by atoms with Crippen LogP contribution in [0.4, 0.5) is 5.82 Å². The highest BCUT2D eigenvalue weighted by Crippen LogP contribution is 2.34. The highest BCUT2D eigenvalue weighted by molar-refractivity contribution is 6.12. The topological polar surface area (TPSA) is 41.4 Å². The Hall–Kier alpha value is -3.60. The maximum Gasteiger partial charge on any atom is 0.256 e. The summed E-state index contributed by atoms with van der Waals surface area (Å²) in [4.78, 5) is 22.7. The van der Waals surface area contributed by atoms with E-state index in [2.05, 4.69) is 38.7 Å². The second kappa shape index (κ2) is 8.26. The molecule has 0 unspecified atom stereocenters. The molecular formula is C26H26N4O. The Kier molecular flexibility index (Phi) is 5.16. The molecule has 5 nitrogen and oxygen atoms in total. The van der Waals surface area contributed by atoms with Crippen LogP contribution in [0.3, 0.4) is 0 Å². The molecule has 1 aliphatic rings. The van der Waals surface area contributed by atoms with Gasteiger partial charge in [-0.1, -0.05) is 54.6 Å². The monoisotopic (exact) mass is 410 g/mol. The first-order valence-corrected chi connectivity index (χ1v) is 10.8. The van der Waals surface area contributed by atoms with Crippen molar-refractivity contribution in [2.45, 2.75) is 6.42 Å². The van der Waals surface area contributed by atoms with E-state index < -0.39 is 0 Å². The predicted molar refractivity (Wildman–Crippen MR) is 125 cm³/mol. The van der Waals surface area contributed by atoms with E-state index in [1.807, 2.05) is 66.7 Å². The summed E-state index contributed by atoms with van der Waals surface area (Å²) in [5, 5.41) is 1.01. The molecule has 0 saturated carbocycles. The lowest BCUT2D eigenvalue weighted by molar-refractivity contribution is 0.0769. The quantitative estimate of drug-likeness (QED) is 0.496. The van der Waals surface area contributed by atoms with E-state index in [4.69, 9.17) is 0 Å². The molecule has 5 heteroatoms. The van der Waals surface area contributed by atoms with Gasteiger partial charge in [0.15, 0.2) is 0 Å². The number of hydrogen-bond donors (Lipinski definition) is 0. The third kappa shape index (κ3) is 3.56. The Balaban J connectivity index is 1.51. The van der Waals surface area contributed by atoms with Gasteiger partial charge in [0.2, 0.25) is 0 Å².